The van der Waals surface area contributed by atoms with Crippen LogP contribution in [0.4, 0.5) is 0 Å². The van der Waals surface area contributed by atoms with Crippen molar-refractivity contribution in [2.45, 2.75) is 19.3 Å². The number of hydrogen-bond donors (Lipinski definition) is 0. The van der Waals surface area contributed by atoms with Gasteiger partial charge < -0.3 is 9.64 Å². The van der Waals surface area contributed by atoms with E-state index >= 15 is 0 Å². The Morgan fingerprint density at radius 1 is 0.765 bits per heavy atom. The molecule has 0 bridgehead atoms. The first kappa shape index (κ1) is 21.6. The maximum absolute atomic E-state index is 13.4. The molecule has 0 radical (unpaired) electrons. The Balaban J connectivity index is 1.49. The average Bonchev–Trinajstić information content (AvgIpc) is 3.36. The predicted molar refractivity (Wildman–Crippen MR) is 130 cm³/mol. The van der Waals surface area contributed by atoms with Gasteiger partial charge in [-0.3, -0.25) is 4.79 Å². The molecule has 1 amide bonds. The van der Waals surface area contributed by atoms with Crippen LogP contribution in [0.25, 0.3) is 16.9 Å². The van der Waals surface area contributed by atoms with Gasteiger partial charge in [-0.25, -0.2) is 9.48 Å². The highest BCUT2D eigenvalue weighted by atomic mass is 16.5. The van der Waals surface area contributed by atoms with Crippen molar-refractivity contribution in [2.24, 2.45) is 0 Å². The van der Waals surface area contributed by atoms with E-state index < -0.39 is 5.97 Å². The number of nitrogens with zero attached hydrogens (tertiary/aromatic N) is 3. The predicted octanol–water partition coefficient (Wildman–Crippen LogP) is 5.38. The fraction of sp³-hybridized carbons (Fsp3) is 0.179. The zero-order valence-electron chi connectivity index (χ0n) is 18.8. The number of benzene rings is 3. The van der Waals surface area contributed by atoms with Crippen LogP contribution in [0.3, 0.4) is 0 Å². The van der Waals surface area contributed by atoms with Crippen molar-refractivity contribution in [2.75, 3.05) is 13.1 Å². The van der Waals surface area contributed by atoms with Gasteiger partial charge in [-0.1, -0.05) is 60.7 Å². The van der Waals surface area contributed by atoms with Gasteiger partial charge in [0, 0.05) is 18.7 Å². The SMILES string of the molecule is O=C(Oc1ccccc1C(=O)N1CCCCC1)c1cc(-c2ccccc2)nn1-c1ccccc1. The third-order valence-electron chi connectivity index (χ3n) is 5.95. The van der Waals surface area contributed by atoms with Crippen molar-refractivity contribution in [3.8, 4) is 22.7 Å². The maximum atomic E-state index is 13.4. The number of rotatable bonds is 5. The summed E-state index contributed by atoms with van der Waals surface area (Å²) in [6.45, 7) is 1.45. The largest absolute Gasteiger partial charge is 0.421 e. The Hall–Kier alpha value is -4.19. The van der Waals surface area contributed by atoms with Crippen LogP contribution in [0.5, 0.6) is 5.75 Å². The summed E-state index contributed by atoms with van der Waals surface area (Å²) in [6, 6.07) is 27.8. The molecule has 4 aromatic rings. The van der Waals surface area contributed by atoms with Gasteiger partial charge in [0.05, 0.1) is 16.9 Å². The Bertz CT molecular complexity index is 1290. The molecule has 5 rings (SSSR count). The highest BCUT2D eigenvalue weighted by Crippen LogP contribution is 2.26. The van der Waals surface area contributed by atoms with Gasteiger partial charge in [-0.05, 0) is 49.6 Å². The fourth-order valence-corrected chi connectivity index (χ4v) is 4.19. The molecule has 34 heavy (non-hydrogen) atoms. The number of piperidine rings is 1. The molecule has 6 nitrogen and oxygen atoms in total. The van der Waals surface area contributed by atoms with Gasteiger partial charge in [-0.2, -0.15) is 5.10 Å². The number of likely N-dealkylation sites (tertiary alicyclic amines) is 1. The highest BCUT2D eigenvalue weighted by molar-refractivity contribution is 5.99. The monoisotopic (exact) mass is 451 g/mol. The number of ether oxygens (including phenoxy) is 1. The molecule has 6 heteroatoms. The smallest absolute Gasteiger partial charge is 0.362 e. The van der Waals surface area contributed by atoms with Crippen molar-refractivity contribution < 1.29 is 14.3 Å². The van der Waals surface area contributed by atoms with E-state index in [1.165, 1.54) is 0 Å². The second-order valence-electron chi connectivity index (χ2n) is 8.27. The van der Waals surface area contributed by atoms with Crippen LogP contribution in [0.1, 0.15) is 40.1 Å². The highest BCUT2D eigenvalue weighted by Gasteiger charge is 2.25. The molecular formula is C28H25N3O3. The molecule has 0 spiro atoms. The standard InChI is InChI=1S/C28H25N3O3/c32-27(30-18-10-3-11-19-30)23-16-8-9-17-26(23)34-28(33)25-20-24(21-12-4-1-5-13-21)29-31(25)22-14-6-2-7-15-22/h1-2,4-9,12-17,20H,3,10-11,18-19H2. The van der Waals surface area contributed by atoms with E-state index in [1.807, 2.05) is 65.6 Å². The van der Waals surface area contributed by atoms with Crippen LogP contribution in [0, 0.1) is 0 Å². The van der Waals surface area contributed by atoms with Crippen LogP contribution in [-0.4, -0.2) is 39.6 Å². The molecule has 1 fully saturated rings. The number of para-hydroxylation sites is 2. The van der Waals surface area contributed by atoms with Crippen molar-refractivity contribution in [1.82, 2.24) is 14.7 Å². The molecule has 1 saturated heterocycles. The summed E-state index contributed by atoms with van der Waals surface area (Å²) in [5.41, 5.74) is 2.98. The summed E-state index contributed by atoms with van der Waals surface area (Å²) < 4.78 is 7.39. The molecule has 0 unspecified atom stereocenters. The Morgan fingerprint density at radius 3 is 2.15 bits per heavy atom. The van der Waals surface area contributed by atoms with E-state index in [0.29, 0.717) is 11.3 Å². The second kappa shape index (κ2) is 9.75. The van der Waals surface area contributed by atoms with E-state index in [2.05, 4.69) is 5.10 Å². The first-order chi connectivity index (χ1) is 16.7. The Morgan fingerprint density at radius 2 is 1.41 bits per heavy atom. The van der Waals surface area contributed by atoms with E-state index in [4.69, 9.17) is 4.74 Å². The van der Waals surface area contributed by atoms with Crippen LogP contribution in [0.2, 0.25) is 0 Å². The van der Waals surface area contributed by atoms with Crippen LogP contribution in [0.15, 0.2) is 91.0 Å². The van der Waals surface area contributed by atoms with Gasteiger partial charge in [-0.15, -0.1) is 0 Å². The zero-order chi connectivity index (χ0) is 23.3. The third kappa shape index (κ3) is 4.48. The first-order valence-corrected chi connectivity index (χ1v) is 11.5. The van der Waals surface area contributed by atoms with Crippen molar-refractivity contribution in [1.29, 1.82) is 0 Å². The van der Waals surface area contributed by atoms with Crippen molar-refractivity contribution in [3.63, 3.8) is 0 Å². The summed E-state index contributed by atoms with van der Waals surface area (Å²) in [7, 11) is 0. The number of hydrogen-bond acceptors (Lipinski definition) is 4. The van der Waals surface area contributed by atoms with Gasteiger partial charge >= 0.3 is 5.97 Å². The fourth-order valence-electron chi connectivity index (χ4n) is 4.19. The molecule has 170 valence electrons. The minimum Gasteiger partial charge on any atom is -0.421 e. The lowest BCUT2D eigenvalue weighted by atomic mass is 10.1. The summed E-state index contributed by atoms with van der Waals surface area (Å²) >= 11 is 0. The summed E-state index contributed by atoms with van der Waals surface area (Å²) in [4.78, 5) is 28.4. The van der Waals surface area contributed by atoms with Gasteiger partial charge in [0.1, 0.15) is 5.75 Å². The zero-order valence-corrected chi connectivity index (χ0v) is 18.8. The van der Waals surface area contributed by atoms with Gasteiger partial charge in [0.15, 0.2) is 5.69 Å². The summed E-state index contributed by atoms with van der Waals surface area (Å²) in [6.07, 6.45) is 3.12. The number of carbonyl (C=O) groups is 2. The molecule has 3 aromatic carbocycles. The lowest BCUT2D eigenvalue weighted by molar-refractivity contribution is 0.0696. The summed E-state index contributed by atoms with van der Waals surface area (Å²) in [5.74, 6) is -0.424. The van der Waals surface area contributed by atoms with Gasteiger partial charge in [0.25, 0.3) is 5.91 Å². The lowest BCUT2D eigenvalue weighted by Crippen LogP contribution is -2.35. The second-order valence-corrected chi connectivity index (χ2v) is 8.27. The van der Waals surface area contributed by atoms with Crippen LogP contribution in [-0.2, 0) is 0 Å². The molecule has 1 aromatic heterocycles. The van der Waals surface area contributed by atoms with E-state index in [1.54, 1.807) is 35.0 Å². The van der Waals surface area contributed by atoms with E-state index in [9.17, 15) is 9.59 Å². The number of carbonyl (C=O) groups excluding carboxylic acids is 2. The average molecular weight is 452 g/mol. The van der Waals surface area contributed by atoms with Crippen LogP contribution < -0.4 is 4.74 Å². The minimum absolute atomic E-state index is 0.107. The molecule has 1 aliphatic heterocycles. The normalized spacial score (nSPS) is 13.5. The minimum atomic E-state index is -0.572. The number of aromatic nitrogens is 2. The van der Waals surface area contributed by atoms with Crippen LogP contribution >= 0.6 is 0 Å². The molecule has 1 aliphatic rings. The molecule has 0 aliphatic carbocycles. The Kier molecular flexibility index (Phi) is 6.21. The van der Waals surface area contributed by atoms with Crippen molar-refractivity contribution in [3.05, 3.63) is 102 Å². The number of amides is 1. The molecule has 2 heterocycles. The molecule has 0 atom stereocenters. The molecule has 0 saturated carbocycles. The van der Waals surface area contributed by atoms with E-state index in [-0.39, 0.29) is 17.4 Å². The molecular weight excluding hydrogens is 426 g/mol. The first-order valence-electron chi connectivity index (χ1n) is 11.5. The quantitative estimate of drug-likeness (QED) is 0.302. The Labute approximate surface area is 198 Å². The topological polar surface area (TPSA) is 64.4 Å². The summed E-state index contributed by atoms with van der Waals surface area (Å²) in [5, 5.41) is 4.69. The lowest BCUT2D eigenvalue weighted by Gasteiger charge is -2.27. The van der Waals surface area contributed by atoms with Crippen molar-refractivity contribution >= 4 is 11.9 Å². The van der Waals surface area contributed by atoms with Gasteiger partial charge in [0.2, 0.25) is 0 Å². The molecule has 0 N–H and O–H groups in total. The van der Waals surface area contributed by atoms with E-state index in [0.717, 1.165) is 43.6 Å². The third-order valence-corrected chi connectivity index (χ3v) is 5.95. The maximum Gasteiger partial charge on any atom is 0.362 e. The number of esters is 1.